The maximum Gasteiger partial charge on any atom is 0.133 e. The second-order valence-corrected chi connectivity index (χ2v) is 6.15. The molecule has 0 spiro atoms. The van der Waals surface area contributed by atoms with Crippen molar-refractivity contribution < 1.29 is 9.47 Å². The topological polar surface area (TPSA) is 44.5 Å². The molecule has 21 heavy (non-hydrogen) atoms. The molecule has 0 aliphatic rings. The molecule has 0 aliphatic carbocycles. The van der Waals surface area contributed by atoms with Gasteiger partial charge in [-0.3, -0.25) is 0 Å². The molecule has 0 heterocycles. The molecule has 0 amide bonds. The van der Waals surface area contributed by atoms with Gasteiger partial charge in [0.25, 0.3) is 0 Å². The van der Waals surface area contributed by atoms with Crippen molar-refractivity contribution in [2.45, 2.75) is 18.9 Å². The van der Waals surface area contributed by atoms with E-state index in [-0.39, 0.29) is 0 Å². The second kappa shape index (κ2) is 6.50. The van der Waals surface area contributed by atoms with E-state index in [2.05, 4.69) is 15.9 Å². The summed E-state index contributed by atoms with van der Waals surface area (Å²) in [5, 5.41) is 0. The summed E-state index contributed by atoms with van der Waals surface area (Å²) in [7, 11) is 3.32. The van der Waals surface area contributed by atoms with Gasteiger partial charge in [0.2, 0.25) is 0 Å². The van der Waals surface area contributed by atoms with Crippen molar-refractivity contribution in [1.29, 1.82) is 0 Å². The van der Waals surface area contributed by atoms with Crippen LogP contribution < -0.4 is 15.2 Å². The molecule has 112 valence electrons. The van der Waals surface area contributed by atoms with E-state index < -0.39 is 5.54 Å². The Balaban J connectivity index is 2.21. The summed E-state index contributed by atoms with van der Waals surface area (Å²) in [6.45, 7) is 2.03. The minimum atomic E-state index is -0.444. The predicted octanol–water partition coefficient (Wildman–Crippen LogP) is 3.88. The maximum atomic E-state index is 6.49. The van der Waals surface area contributed by atoms with E-state index in [1.165, 1.54) is 0 Å². The van der Waals surface area contributed by atoms with Crippen LogP contribution in [0.25, 0.3) is 0 Å². The van der Waals surface area contributed by atoms with Crippen LogP contribution in [0.5, 0.6) is 11.5 Å². The van der Waals surface area contributed by atoms with Crippen molar-refractivity contribution in [2.24, 2.45) is 5.73 Å². The summed E-state index contributed by atoms with van der Waals surface area (Å²) in [4.78, 5) is 0. The van der Waals surface area contributed by atoms with Gasteiger partial charge in [-0.15, -0.1) is 0 Å². The Morgan fingerprint density at radius 3 is 2.24 bits per heavy atom. The standard InChI is InChI=1S/C17H20BrNO2/c1-17(19,13-5-7-14(20-2)8-6-13)11-12-4-9-16(21-3)15(18)10-12/h4-10H,11,19H2,1-3H3. The lowest BCUT2D eigenvalue weighted by atomic mass is 9.86. The number of rotatable bonds is 5. The van der Waals surface area contributed by atoms with Crippen molar-refractivity contribution in [3.05, 3.63) is 58.1 Å². The molecule has 0 bridgehead atoms. The molecule has 2 N–H and O–H groups in total. The first-order chi connectivity index (χ1) is 9.96. The van der Waals surface area contributed by atoms with Gasteiger partial charge in [-0.05, 0) is 64.7 Å². The summed E-state index contributed by atoms with van der Waals surface area (Å²) in [5.41, 5.74) is 8.29. The molecule has 1 atom stereocenters. The number of halogens is 1. The molecule has 2 rings (SSSR count). The SMILES string of the molecule is COc1ccc(C(C)(N)Cc2ccc(OC)c(Br)c2)cc1. The lowest BCUT2D eigenvalue weighted by Crippen LogP contribution is -2.35. The lowest BCUT2D eigenvalue weighted by molar-refractivity contribution is 0.411. The van der Waals surface area contributed by atoms with E-state index in [9.17, 15) is 0 Å². The first-order valence-electron chi connectivity index (χ1n) is 6.72. The number of hydrogen-bond donors (Lipinski definition) is 1. The van der Waals surface area contributed by atoms with E-state index in [1.54, 1.807) is 14.2 Å². The predicted molar refractivity (Wildman–Crippen MR) is 88.9 cm³/mol. The van der Waals surface area contributed by atoms with Crippen molar-refractivity contribution in [1.82, 2.24) is 0 Å². The smallest absolute Gasteiger partial charge is 0.133 e. The second-order valence-electron chi connectivity index (χ2n) is 5.29. The summed E-state index contributed by atoms with van der Waals surface area (Å²) < 4.78 is 11.4. The number of benzene rings is 2. The molecular weight excluding hydrogens is 330 g/mol. The van der Waals surface area contributed by atoms with Gasteiger partial charge in [-0.1, -0.05) is 18.2 Å². The van der Waals surface area contributed by atoms with Crippen molar-refractivity contribution in [2.75, 3.05) is 14.2 Å². The molecular formula is C17H20BrNO2. The van der Waals surface area contributed by atoms with Gasteiger partial charge in [0.05, 0.1) is 18.7 Å². The van der Waals surface area contributed by atoms with Gasteiger partial charge in [-0.2, -0.15) is 0 Å². The van der Waals surface area contributed by atoms with Crippen LogP contribution in [-0.4, -0.2) is 14.2 Å². The van der Waals surface area contributed by atoms with E-state index in [1.807, 2.05) is 49.4 Å². The molecule has 2 aromatic rings. The first kappa shape index (κ1) is 15.9. The fourth-order valence-electron chi connectivity index (χ4n) is 2.32. The highest BCUT2D eigenvalue weighted by molar-refractivity contribution is 9.10. The van der Waals surface area contributed by atoms with Gasteiger partial charge >= 0.3 is 0 Å². The Morgan fingerprint density at radius 2 is 1.71 bits per heavy atom. The average molecular weight is 350 g/mol. The monoisotopic (exact) mass is 349 g/mol. The minimum Gasteiger partial charge on any atom is -0.497 e. The largest absolute Gasteiger partial charge is 0.497 e. The molecule has 1 unspecified atom stereocenters. The van der Waals surface area contributed by atoms with Crippen LogP contribution in [0.2, 0.25) is 0 Å². The van der Waals surface area contributed by atoms with Crippen LogP contribution in [0.4, 0.5) is 0 Å². The van der Waals surface area contributed by atoms with Crippen LogP contribution in [-0.2, 0) is 12.0 Å². The van der Waals surface area contributed by atoms with Crippen LogP contribution in [0.3, 0.4) is 0 Å². The van der Waals surface area contributed by atoms with Crippen LogP contribution >= 0.6 is 15.9 Å². The quantitative estimate of drug-likeness (QED) is 0.890. The molecule has 0 saturated carbocycles. The third kappa shape index (κ3) is 3.77. The Labute approximate surface area is 134 Å². The maximum absolute atomic E-state index is 6.49. The van der Waals surface area contributed by atoms with Gasteiger partial charge in [0.15, 0.2) is 0 Å². The van der Waals surface area contributed by atoms with Crippen molar-refractivity contribution in [3.63, 3.8) is 0 Å². The average Bonchev–Trinajstić information content (AvgIpc) is 2.47. The summed E-state index contributed by atoms with van der Waals surface area (Å²) in [6, 6.07) is 13.9. The number of hydrogen-bond acceptors (Lipinski definition) is 3. The molecule has 0 aromatic heterocycles. The molecule has 0 fully saturated rings. The fraction of sp³-hybridized carbons (Fsp3) is 0.294. The molecule has 2 aromatic carbocycles. The van der Waals surface area contributed by atoms with E-state index in [0.29, 0.717) is 0 Å². The fourth-order valence-corrected chi connectivity index (χ4v) is 2.91. The van der Waals surface area contributed by atoms with Gasteiger partial charge in [0, 0.05) is 5.54 Å². The molecule has 0 aliphatic heterocycles. The molecule has 0 saturated heterocycles. The van der Waals surface area contributed by atoms with Crippen molar-refractivity contribution >= 4 is 15.9 Å². The van der Waals surface area contributed by atoms with E-state index in [4.69, 9.17) is 15.2 Å². The van der Waals surface area contributed by atoms with E-state index in [0.717, 1.165) is 33.5 Å². The van der Waals surface area contributed by atoms with Crippen molar-refractivity contribution in [3.8, 4) is 11.5 Å². The van der Waals surface area contributed by atoms with Crippen LogP contribution in [0, 0.1) is 0 Å². The summed E-state index contributed by atoms with van der Waals surface area (Å²) in [6.07, 6.45) is 0.738. The number of ether oxygens (including phenoxy) is 2. The third-order valence-corrected chi connectivity index (χ3v) is 4.16. The number of methoxy groups -OCH3 is 2. The Bertz CT molecular complexity index is 609. The normalized spacial score (nSPS) is 13.6. The Morgan fingerprint density at radius 1 is 1.05 bits per heavy atom. The van der Waals surface area contributed by atoms with Gasteiger partial charge in [0.1, 0.15) is 11.5 Å². The summed E-state index contributed by atoms with van der Waals surface area (Å²) >= 11 is 3.51. The minimum absolute atomic E-state index is 0.444. The molecule has 0 radical (unpaired) electrons. The highest BCUT2D eigenvalue weighted by atomic mass is 79.9. The third-order valence-electron chi connectivity index (χ3n) is 3.54. The zero-order valence-corrected chi connectivity index (χ0v) is 14.1. The van der Waals surface area contributed by atoms with Gasteiger partial charge in [-0.25, -0.2) is 0 Å². The highest BCUT2D eigenvalue weighted by Gasteiger charge is 2.22. The number of nitrogens with two attached hydrogens (primary N) is 1. The van der Waals surface area contributed by atoms with Gasteiger partial charge < -0.3 is 15.2 Å². The van der Waals surface area contributed by atoms with Crippen LogP contribution in [0.1, 0.15) is 18.1 Å². The van der Waals surface area contributed by atoms with E-state index >= 15 is 0 Å². The first-order valence-corrected chi connectivity index (χ1v) is 7.51. The Hall–Kier alpha value is -1.52. The zero-order valence-electron chi connectivity index (χ0n) is 12.5. The zero-order chi connectivity index (χ0) is 15.5. The molecule has 4 heteroatoms. The summed E-state index contributed by atoms with van der Waals surface area (Å²) in [5.74, 6) is 1.66. The highest BCUT2D eigenvalue weighted by Crippen LogP contribution is 2.29. The van der Waals surface area contributed by atoms with Crippen LogP contribution in [0.15, 0.2) is 46.9 Å². The lowest BCUT2D eigenvalue weighted by Gasteiger charge is -2.26. The Kier molecular flexibility index (Phi) is 4.91. The molecule has 3 nitrogen and oxygen atoms in total.